The number of aromatic nitrogens is 6. The van der Waals surface area contributed by atoms with Gasteiger partial charge in [0.1, 0.15) is 12.7 Å². The molecule has 5 rings (SSSR count). The third-order valence-electron chi connectivity index (χ3n) is 5.99. The minimum Gasteiger partial charge on any atom is -0.347 e. The van der Waals surface area contributed by atoms with Gasteiger partial charge in [-0.2, -0.15) is 10.2 Å². The van der Waals surface area contributed by atoms with Crippen LogP contribution in [-0.4, -0.2) is 35.3 Å². The Kier molecular flexibility index (Phi) is 5.56. The van der Waals surface area contributed by atoms with Gasteiger partial charge in [-0.05, 0) is 43.5 Å². The molecule has 5 aromatic rings. The lowest BCUT2D eigenvalue weighted by Gasteiger charge is -2.19. The summed E-state index contributed by atoms with van der Waals surface area (Å²) in [5.41, 5.74) is 5.80. The minimum atomic E-state index is -0.195. The number of fused-ring (bicyclic) bond motifs is 3. The first-order valence-electron chi connectivity index (χ1n) is 11.0. The molecule has 1 unspecified atom stereocenters. The molecule has 3 heterocycles. The predicted octanol–water partition coefficient (Wildman–Crippen LogP) is 3.58. The smallest absolute Gasteiger partial charge is 0.220 e. The second kappa shape index (κ2) is 8.82. The largest absolute Gasteiger partial charge is 0.347 e. The molecule has 8 nitrogen and oxygen atoms in total. The number of nitrogens with zero attached hydrogens (tertiary/aromatic N) is 6. The molecule has 1 atom stereocenters. The molecule has 33 heavy (non-hydrogen) atoms. The van der Waals surface area contributed by atoms with Crippen LogP contribution in [0.2, 0.25) is 0 Å². The van der Waals surface area contributed by atoms with Crippen molar-refractivity contribution in [3.63, 3.8) is 0 Å². The van der Waals surface area contributed by atoms with Crippen molar-refractivity contribution < 1.29 is 4.79 Å². The Morgan fingerprint density at radius 3 is 2.64 bits per heavy atom. The highest BCUT2D eigenvalue weighted by molar-refractivity contribution is 5.92. The molecule has 0 spiro atoms. The van der Waals surface area contributed by atoms with Gasteiger partial charge in [-0.25, -0.2) is 14.5 Å². The van der Waals surface area contributed by atoms with E-state index >= 15 is 0 Å². The quantitative estimate of drug-likeness (QED) is 0.419. The summed E-state index contributed by atoms with van der Waals surface area (Å²) in [5, 5.41) is 13.1. The van der Waals surface area contributed by atoms with Crippen LogP contribution in [0.25, 0.3) is 16.6 Å². The Balaban J connectivity index is 1.35. The monoisotopic (exact) mass is 439 g/mol. The predicted molar refractivity (Wildman–Crippen MR) is 126 cm³/mol. The van der Waals surface area contributed by atoms with Crippen molar-refractivity contribution in [3.8, 4) is 0 Å². The second-order valence-electron chi connectivity index (χ2n) is 8.16. The summed E-state index contributed by atoms with van der Waals surface area (Å²) < 4.78 is 3.62. The zero-order valence-electron chi connectivity index (χ0n) is 18.6. The molecule has 166 valence electrons. The third kappa shape index (κ3) is 4.19. The summed E-state index contributed by atoms with van der Waals surface area (Å²) in [6.07, 6.45) is 4.10. The molecule has 2 aromatic carbocycles. The first-order chi connectivity index (χ1) is 16.1. The van der Waals surface area contributed by atoms with Gasteiger partial charge in [-0.3, -0.25) is 9.48 Å². The summed E-state index contributed by atoms with van der Waals surface area (Å²) in [5.74, 6) is -0.0199. The van der Waals surface area contributed by atoms with Crippen LogP contribution in [0.1, 0.15) is 35.0 Å². The number of carbonyl (C=O) groups is 1. The molecule has 1 N–H and O–H groups in total. The molecule has 3 aromatic heterocycles. The van der Waals surface area contributed by atoms with Gasteiger partial charge in [-0.1, -0.05) is 42.5 Å². The highest BCUT2D eigenvalue weighted by atomic mass is 16.1. The van der Waals surface area contributed by atoms with Crippen LogP contribution in [0.5, 0.6) is 0 Å². The number of benzene rings is 2. The average molecular weight is 440 g/mol. The Labute approximate surface area is 191 Å². The van der Waals surface area contributed by atoms with Crippen LogP contribution in [0.15, 0.2) is 67.3 Å². The molecule has 0 radical (unpaired) electrons. The van der Waals surface area contributed by atoms with E-state index in [-0.39, 0.29) is 11.9 Å². The van der Waals surface area contributed by atoms with Crippen molar-refractivity contribution in [1.82, 2.24) is 34.7 Å². The number of carbonyl (C=O) groups excluding carboxylic acids is 1. The SMILES string of the molecule is Cc1nc2c3ccccc3nn2c(C)c1CCC(=O)NC(Cn1cncn1)c1ccccc1. The second-order valence-corrected chi connectivity index (χ2v) is 8.16. The first-order valence-corrected chi connectivity index (χ1v) is 11.0. The zero-order valence-corrected chi connectivity index (χ0v) is 18.6. The lowest BCUT2D eigenvalue weighted by molar-refractivity contribution is -0.121. The summed E-state index contributed by atoms with van der Waals surface area (Å²) in [7, 11) is 0. The van der Waals surface area contributed by atoms with E-state index in [1.54, 1.807) is 11.0 Å². The van der Waals surface area contributed by atoms with Gasteiger partial charge in [0.25, 0.3) is 0 Å². The summed E-state index contributed by atoms with van der Waals surface area (Å²) >= 11 is 0. The first kappa shape index (κ1) is 20.8. The summed E-state index contributed by atoms with van der Waals surface area (Å²) in [6.45, 7) is 4.55. The van der Waals surface area contributed by atoms with Crippen LogP contribution < -0.4 is 5.32 Å². The lowest BCUT2D eigenvalue weighted by atomic mass is 10.0. The lowest BCUT2D eigenvalue weighted by Crippen LogP contribution is -2.32. The maximum absolute atomic E-state index is 13.0. The Bertz CT molecular complexity index is 1410. The van der Waals surface area contributed by atoms with Crippen molar-refractivity contribution in [3.05, 3.63) is 89.8 Å². The van der Waals surface area contributed by atoms with E-state index in [1.807, 2.05) is 73.0 Å². The van der Waals surface area contributed by atoms with Crippen molar-refractivity contribution in [1.29, 1.82) is 0 Å². The van der Waals surface area contributed by atoms with Gasteiger partial charge in [-0.15, -0.1) is 0 Å². The van der Waals surface area contributed by atoms with E-state index in [9.17, 15) is 4.79 Å². The number of hydrogen-bond acceptors (Lipinski definition) is 5. The Morgan fingerprint density at radius 1 is 1.06 bits per heavy atom. The maximum Gasteiger partial charge on any atom is 0.220 e. The fourth-order valence-electron chi connectivity index (χ4n) is 4.28. The Morgan fingerprint density at radius 2 is 1.85 bits per heavy atom. The number of amides is 1. The molecule has 0 aliphatic heterocycles. The third-order valence-corrected chi connectivity index (χ3v) is 5.99. The molecule has 0 aliphatic rings. The van der Waals surface area contributed by atoms with Crippen molar-refractivity contribution in [2.75, 3.05) is 0 Å². The van der Waals surface area contributed by atoms with Crippen LogP contribution in [0, 0.1) is 13.8 Å². The minimum absolute atomic E-state index is 0.0199. The van der Waals surface area contributed by atoms with Crippen LogP contribution in [-0.2, 0) is 17.8 Å². The van der Waals surface area contributed by atoms with Gasteiger partial charge in [0, 0.05) is 23.2 Å². The van der Waals surface area contributed by atoms with Crippen molar-refractivity contribution >= 4 is 22.5 Å². The molecule has 0 saturated carbocycles. The van der Waals surface area contributed by atoms with E-state index < -0.39 is 0 Å². The van der Waals surface area contributed by atoms with Crippen LogP contribution >= 0.6 is 0 Å². The standard InChI is InChI=1S/C25H25N7O/c1-17-20(18(2)32-25(28-17)21-10-6-7-11-22(21)30-32)12-13-24(33)29-23(14-31-16-26-15-27-31)19-8-4-3-5-9-19/h3-11,15-16,23H,12-14H2,1-2H3,(H,29,33). The van der Waals surface area contributed by atoms with Gasteiger partial charge < -0.3 is 5.32 Å². The number of aryl methyl sites for hydroxylation is 2. The van der Waals surface area contributed by atoms with Gasteiger partial charge in [0.15, 0.2) is 5.65 Å². The van der Waals surface area contributed by atoms with Gasteiger partial charge in [0.2, 0.25) is 5.91 Å². The molecule has 8 heteroatoms. The molecule has 0 aliphatic carbocycles. The van der Waals surface area contributed by atoms with Crippen molar-refractivity contribution in [2.24, 2.45) is 0 Å². The molecule has 1 amide bonds. The maximum atomic E-state index is 13.0. The number of hydrogen-bond donors (Lipinski definition) is 1. The number of nitrogens with one attached hydrogen (secondary N) is 1. The normalized spacial score (nSPS) is 12.3. The summed E-state index contributed by atoms with van der Waals surface area (Å²) in [6, 6.07) is 17.7. The number of rotatable bonds is 7. The molecule has 0 bridgehead atoms. The average Bonchev–Trinajstić information content (AvgIpc) is 3.47. The Hall–Kier alpha value is -4.07. The van der Waals surface area contributed by atoms with Crippen molar-refractivity contribution in [2.45, 2.75) is 39.3 Å². The van der Waals surface area contributed by atoms with E-state index in [0.29, 0.717) is 19.4 Å². The molecule has 0 saturated heterocycles. The van der Waals surface area contributed by atoms with Gasteiger partial charge >= 0.3 is 0 Å². The van der Waals surface area contributed by atoms with E-state index in [4.69, 9.17) is 10.1 Å². The van der Waals surface area contributed by atoms with Crippen LogP contribution in [0.4, 0.5) is 0 Å². The van der Waals surface area contributed by atoms with E-state index in [1.165, 1.54) is 6.33 Å². The topological polar surface area (TPSA) is 90.0 Å². The highest BCUT2D eigenvalue weighted by Crippen LogP contribution is 2.23. The highest BCUT2D eigenvalue weighted by Gasteiger charge is 2.18. The summed E-state index contributed by atoms with van der Waals surface area (Å²) in [4.78, 5) is 21.8. The van der Waals surface area contributed by atoms with Gasteiger partial charge in [0.05, 0.1) is 18.1 Å². The molecular weight excluding hydrogens is 414 g/mol. The molecule has 0 fully saturated rings. The fourth-order valence-corrected chi connectivity index (χ4v) is 4.28. The van der Waals surface area contributed by atoms with Crippen LogP contribution in [0.3, 0.4) is 0 Å². The fraction of sp³-hybridized carbons (Fsp3) is 0.240. The zero-order chi connectivity index (χ0) is 22.8. The molecular formula is C25H25N7O. The van der Waals surface area contributed by atoms with E-state index in [2.05, 4.69) is 15.4 Å². The van der Waals surface area contributed by atoms with E-state index in [0.717, 1.165) is 39.1 Å².